The first-order valence-corrected chi connectivity index (χ1v) is 4.42. The van der Waals surface area contributed by atoms with Gasteiger partial charge in [0, 0.05) is 0 Å². The fraction of sp³-hybridized carbons (Fsp3) is 0.300. The van der Waals surface area contributed by atoms with Gasteiger partial charge in [0.1, 0.15) is 5.52 Å². The summed E-state index contributed by atoms with van der Waals surface area (Å²) in [6.07, 6.45) is 1.01. The van der Waals surface area contributed by atoms with E-state index in [0.29, 0.717) is 12.4 Å². The third-order valence-corrected chi connectivity index (χ3v) is 2.08. The molecule has 68 valence electrons. The van der Waals surface area contributed by atoms with Crippen LogP contribution in [0, 0.1) is 0 Å². The van der Waals surface area contributed by atoms with Gasteiger partial charge in [-0.2, -0.15) is 0 Å². The number of nitrogens with two attached hydrogens (primary N) is 1. The molecule has 0 saturated heterocycles. The molecule has 0 bridgehead atoms. The van der Waals surface area contributed by atoms with Crippen molar-refractivity contribution >= 4 is 11.1 Å². The smallest absolute Gasteiger partial charge is 0.209 e. The van der Waals surface area contributed by atoms with Crippen molar-refractivity contribution < 1.29 is 4.42 Å². The summed E-state index contributed by atoms with van der Waals surface area (Å²) < 4.78 is 5.38. The van der Waals surface area contributed by atoms with Crippen LogP contribution in [-0.4, -0.2) is 4.98 Å². The van der Waals surface area contributed by atoms with Gasteiger partial charge in [0.25, 0.3) is 0 Å². The van der Waals surface area contributed by atoms with Crippen LogP contribution in [0.4, 0.5) is 0 Å². The molecule has 1 heterocycles. The van der Waals surface area contributed by atoms with Crippen molar-refractivity contribution in [3.63, 3.8) is 0 Å². The van der Waals surface area contributed by atoms with Crippen molar-refractivity contribution in [3.8, 4) is 0 Å². The first kappa shape index (κ1) is 8.26. The normalized spacial score (nSPS) is 10.9. The molecule has 2 aromatic rings. The van der Waals surface area contributed by atoms with Gasteiger partial charge >= 0.3 is 0 Å². The molecule has 0 aliphatic rings. The average molecular weight is 176 g/mol. The molecule has 3 nitrogen and oxygen atoms in total. The molecule has 1 aromatic carbocycles. The second-order valence-corrected chi connectivity index (χ2v) is 2.97. The lowest BCUT2D eigenvalue weighted by Gasteiger charge is -1.92. The highest BCUT2D eigenvalue weighted by molar-refractivity contribution is 5.73. The van der Waals surface area contributed by atoms with Gasteiger partial charge in [0.05, 0.1) is 6.54 Å². The van der Waals surface area contributed by atoms with Crippen LogP contribution in [0.5, 0.6) is 0 Å². The molecule has 0 amide bonds. The lowest BCUT2D eigenvalue weighted by molar-refractivity contribution is 0.533. The molecule has 0 aliphatic heterocycles. The predicted molar refractivity (Wildman–Crippen MR) is 51.3 cm³/mol. The van der Waals surface area contributed by atoms with Crippen molar-refractivity contribution in [1.29, 1.82) is 0 Å². The van der Waals surface area contributed by atoms with E-state index in [0.717, 1.165) is 17.5 Å². The number of rotatable bonds is 2. The maximum Gasteiger partial charge on any atom is 0.209 e. The molecule has 0 unspecified atom stereocenters. The number of oxazole rings is 1. The Labute approximate surface area is 76.6 Å². The van der Waals surface area contributed by atoms with Crippen LogP contribution in [0.15, 0.2) is 22.6 Å². The van der Waals surface area contributed by atoms with Gasteiger partial charge in [0.2, 0.25) is 5.89 Å². The number of hydrogen-bond donors (Lipinski definition) is 1. The van der Waals surface area contributed by atoms with E-state index in [2.05, 4.69) is 11.9 Å². The van der Waals surface area contributed by atoms with Crippen LogP contribution in [0.1, 0.15) is 18.4 Å². The van der Waals surface area contributed by atoms with Gasteiger partial charge in [-0.15, -0.1) is 0 Å². The van der Waals surface area contributed by atoms with Gasteiger partial charge in [-0.1, -0.05) is 13.0 Å². The predicted octanol–water partition coefficient (Wildman–Crippen LogP) is 1.85. The highest BCUT2D eigenvalue weighted by Crippen LogP contribution is 2.17. The van der Waals surface area contributed by atoms with E-state index >= 15 is 0 Å². The number of aryl methyl sites for hydroxylation is 1. The molecule has 2 rings (SSSR count). The third kappa shape index (κ3) is 1.42. The number of aromatic nitrogens is 1. The lowest BCUT2D eigenvalue weighted by Crippen LogP contribution is -1.95. The SMILES string of the molecule is CCc1ccc2oc(CN)nc2c1. The average Bonchev–Trinajstić information content (AvgIpc) is 2.58. The van der Waals surface area contributed by atoms with E-state index in [1.54, 1.807) is 0 Å². The Bertz CT molecular complexity index is 418. The van der Waals surface area contributed by atoms with Crippen molar-refractivity contribution in [3.05, 3.63) is 29.7 Å². The number of hydrogen-bond acceptors (Lipinski definition) is 3. The van der Waals surface area contributed by atoms with Crippen LogP contribution in [-0.2, 0) is 13.0 Å². The van der Waals surface area contributed by atoms with Gasteiger partial charge < -0.3 is 10.2 Å². The Hall–Kier alpha value is -1.35. The lowest BCUT2D eigenvalue weighted by atomic mass is 10.1. The highest BCUT2D eigenvalue weighted by atomic mass is 16.3. The maximum atomic E-state index is 5.43. The molecule has 2 N–H and O–H groups in total. The Morgan fingerprint density at radius 1 is 1.46 bits per heavy atom. The zero-order valence-electron chi connectivity index (χ0n) is 7.58. The Kier molecular flexibility index (Phi) is 2.02. The molecule has 1 aromatic heterocycles. The molecule has 0 atom stereocenters. The Morgan fingerprint density at radius 2 is 2.31 bits per heavy atom. The standard InChI is InChI=1S/C10H12N2O/c1-2-7-3-4-9-8(5-7)12-10(6-11)13-9/h3-5H,2,6,11H2,1H3. The molecule has 0 aliphatic carbocycles. The van der Waals surface area contributed by atoms with Crippen LogP contribution in [0.3, 0.4) is 0 Å². The van der Waals surface area contributed by atoms with Gasteiger partial charge in [-0.05, 0) is 24.1 Å². The summed E-state index contributed by atoms with van der Waals surface area (Å²) in [6.45, 7) is 2.47. The van der Waals surface area contributed by atoms with Crippen LogP contribution < -0.4 is 5.73 Å². The molecule has 0 fully saturated rings. The minimum Gasteiger partial charge on any atom is -0.439 e. The monoisotopic (exact) mass is 176 g/mol. The summed E-state index contributed by atoms with van der Waals surface area (Å²) in [5.74, 6) is 0.600. The summed E-state index contributed by atoms with van der Waals surface area (Å²) in [4.78, 5) is 4.25. The molecular weight excluding hydrogens is 164 g/mol. The summed E-state index contributed by atoms with van der Waals surface area (Å²) in [6, 6.07) is 6.03. The van der Waals surface area contributed by atoms with Gasteiger partial charge in [-0.25, -0.2) is 4.98 Å². The van der Waals surface area contributed by atoms with E-state index in [1.807, 2.05) is 18.2 Å². The van der Waals surface area contributed by atoms with Crippen molar-refractivity contribution in [1.82, 2.24) is 4.98 Å². The van der Waals surface area contributed by atoms with E-state index in [9.17, 15) is 0 Å². The molecule has 0 radical (unpaired) electrons. The Morgan fingerprint density at radius 3 is 3.00 bits per heavy atom. The number of nitrogens with zero attached hydrogens (tertiary/aromatic N) is 1. The van der Waals surface area contributed by atoms with E-state index in [4.69, 9.17) is 10.2 Å². The van der Waals surface area contributed by atoms with Gasteiger partial charge in [0.15, 0.2) is 5.58 Å². The fourth-order valence-corrected chi connectivity index (χ4v) is 1.33. The summed E-state index contributed by atoms with van der Waals surface area (Å²) in [5.41, 5.74) is 8.42. The number of benzene rings is 1. The second-order valence-electron chi connectivity index (χ2n) is 2.97. The quantitative estimate of drug-likeness (QED) is 0.759. The molecule has 3 heteroatoms. The van der Waals surface area contributed by atoms with E-state index < -0.39 is 0 Å². The minimum absolute atomic E-state index is 0.357. The summed E-state index contributed by atoms with van der Waals surface area (Å²) in [7, 11) is 0. The van der Waals surface area contributed by atoms with E-state index in [1.165, 1.54) is 5.56 Å². The largest absolute Gasteiger partial charge is 0.439 e. The van der Waals surface area contributed by atoms with Crippen molar-refractivity contribution in [2.24, 2.45) is 5.73 Å². The van der Waals surface area contributed by atoms with Crippen LogP contribution in [0.25, 0.3) is 11.1 Å². The molecular formula is C10H12N2O. The Balaban J connectivity index is 2.57. The maximum absolute atomic E-state index is 5.43. The first-order valence-electron chi connectivity index (χ1n) is 4.42. The zero-order valence-corrected chi connectivity index (χ0v) is 7.58. The van der Waals surface area contributed by atoms with E-state index in [-0.39, 0.29) is 0 Å². The van der Waals surface area contributed by atoms with Gasteiger partial charge in [-0.3, -0.25) is 0 Å². The summed E-state index contributed by atoms with van der Waals surface area (Å²) >= 11 is 0. The molecule has 13 heavy (non-hydrogen) atoms. The topological polar surface area (TPSA) is 52.0 Å². The molecule has 0 spiro atoms. The van der Waals surface area contributed by atoms with Crippen molar-refractivity contribution in [2.45, 2.75) is 19.9 Å². The highest BCUT2D eigenvalue weighted by Gasteiger charge is 2.03. The number of fused-ring (bicyclic) bond motifs is 1. The van der Waals surface area contributed by atoms with Crippen LogP contribution in [0.2, 0.25) is 0 Å². The minimum atomic E-state index is 0.357. The zero-order chi connectivity index (χ0) is 9.26. The second kappa shape index (κ2) is 3.18. The third-order valence-electron chi connectivity index (χ3n) is 2.08. The summed E-state index contributed by atoms with van der Waals surface area (Å²) in [5, 5.41) is 0. The van der Waals surface area contributed by atoms with Crippen molar-refractivity contribution in [2.75, 3.05) is 0 Å². The van der Waals surface area contributed by atoms with Crippen LogP contribution >= 0.6 is 0 Å². The first-order chi connectivity index (χ1) is 6.33. The molecule has 0 saturated carbocycles. The fourth-order valence-electron chi connectivity index (χ4n) is 1.33.